The van der Waals surface area contributed by atoms with Gasteiger partial charge in [0.1, 0.15) is 6.04 Å². The number of anilines is 1. The lowest BCUT2D eigenvalue weighted by atomic mass is 10.1. The van der Waals surface area contributed by atoms with E-state index in [1.807, 2.05) is 30.3 Å². The molecule has 2 aromatic rings. The van der Waals surface area contributed by atoms with E-state index in [0.29, 0.717) is 18.8 Å². The van der Waals surface area contributed by atoms with E-state index in [9.17, 15) is 14.4 Å². The highest BCUT2D eigenvalue weighted by molar-refractivity contribution is 5.97. The molecule has 2 aromatic carbocycles. The molecule has 8 heteroatoms. The van der Waals surface area contributed by atoms with Gasteiger partial charge in [0.25, 0.3) is 0 Å². The minimum Gasteiger partial charge on any atom is -0.353 e. The third-order valence-electron chi connectivity index (χ3n) is 6.75. The summed E-state index contributed by atoms with van der Waals surface area (Å²) in [7, 11) is 0. The molecule has 2 N–H and O–H groups in total. The maximum Gasteiger partial charge on any atom is 0.243 e. The van der Waals surface area contributed by atoms with Gasteiger partial charge >= 0.3 is 0 Å². The number of carbonyl (C=O) groups excluding carboxylic acids is 3. The summed E-state index contributed by atoms with van der Waals surface area (Å²) < 4.78 is 0. The molecular weight excluding hydrogens is 442 g/mol. The van der Waals surface area contributed by atoms with E-state index in [2.05, 4.69) is 51.6 Å². The summed E-state index contributed by atoms with van der Waals surface area (Å²) in [6.45, 7) is 7.47. The van der Waals surface area contributed by atoms with Crippen LogP contribution in [0.2, 0.25) is 0 Å². The number of hydrogen-bond acceptors (Lipinski definition) is 5. The van der Waals surface area contributed by atoms with Gasteiger partial charge in [0.05, 0.1) is 13.0 Å². The van der Waals surface area contributed by atoms with Crippen LogP contribution in [-0.4, -0.2) is 84.3 Å². The molecule has 2 aliphatic heterocycles. The van der Waals surface area contributed by atoms with Crippen molar-refractivity contribution in [1.82, 2.24) is 20.0 Å². The maximum atomic E-state index is 13.2. The molecule has 2 heterocycles. The van der Waals surface area contributed by atoms with Crippen molar-refractivity contribution >= 4 is 23.4 Å². The summed E-state index contributed by atoms with van der Waals surface area (Å²) in [6, 6.07) is 17.3. The third-order valence-corrected chi connectivity index (χ3v) is 6.75. The quantitative estimate of drug-likeness (QED) is 0.605. The number of aryl methyl sites for hydroxylation is 1. The van der Waals surface area contributed by atoms with Crippen LogP contribution in [0.5, 0.6) is 0 Å². The summed E-state index contributed by atoms with van der Waals surface area (Å²) in [5, 5.41) is 5.65. The normalized spacial score (nSPS) is 19.3. The highest BCUT2D eigenvalue weighted by Crippen LogP contribution is 2.15. The second kappa shape index (κ2) is 12.0. The van der Waals surface area contributed by atoms with Gasteiger partial charge in [-0.1, -0.05) is 49.4 Å². The molecule has 8 nitrogen and oxygen atoms in total. The Labute approximate surface area is 207 Å². The van der Waals surface area contributed by atoms with E-state index in [1.165, 1.54) is 11.1 Å². The lowest BCUT2D eigenvalue weighted by Gasteiger charge is -2.38. The molecule has 3 amide bonds. The zero-order valence-corrected chi connectivity index (χ0v) is 20.4. The number of benzene rings is 2. The maximum absolute atomic E-state index is 13.2. The van der Waals surface area contributed by atoms with Crippen molar-refractivity contribution in [3.05, 3.63) is 65.7 Å². The van der Waals surface area contributed by atoms with E-state index in [-0.39, 0.29) is 30.7 Å². The summed E-state index contributed by atoms with van der Waals surface area (Å²) in [4.78, 5) is 44.5. The fourth-order valence-electron chi connectivity index (χ4n) is 4.66. The standard InChI is InChI=1S/C27H35N5O3/c1-2-21-8-10-23(11-9-21)29-25(33)18-24-27(35)28-12-13-32(24)26(34)20-31-16-14-30(15-17-31)19-22-6-4-3-5-7-22/h3-11,24H,2,12-20H2,1H3,(H,28,35)(H,29,33)/t24-/m1/s1. The van der Waals surface area contributed by atoms with Crippen molar-refractivity contribution < 1.29 is 14.4 Å². The van der Waals surface area contributed by atoms with E-state index >= 15 is 0 Å². The molecule has 2 aliphatic rings. The average molecular weight is 478 g/mol. The number of rotatable bonds is 8. The van der Waals surface area contributed by atoms with Crippen LogP contribution in [-0.2, 0) is 27.3 Å². The topological polar surface area (TPSA) is 85.0 Å². The molecular formula is C27H35N5O3. The van der Waals surface area contributed by atoms with E-state index in [0.717, 1.165) is 39.1 Å². The second-order valence-electron chi connectivity index (χ2n) is 9.23. The summed E-state index contributed by atoms with van der Waals surface area (Å²) in [5.41, 5.74) is 3.17. The highest BCUT2D eigenvalue weighted by Gasteiger charge is 2.35. The van der Waals surface area contributed by atoms with Crippen LogP contribution in [0.15, 0.2) is 54.6 Å². The van der Waals surface area contributed by atoms with Crippen LogP contribution >= 0.6 is 0 Å². The Morgan fingerprint density at radius 3 is 2.29 bits per heavy atom. The predicted molar refractivity (Wildman–Crippen MR) is 136 cm³/mol. The number of carbonyl (C=O) groups is 3. The molecule has 2 fully saturated rings. The molecule has 4 rings (SSSR count). The predicted octanol–water partition coefficient (Wildman–Crippen LogP) is 1.72. The van der Waals surface area contributed by atoms with Crippen LogP contribution in [0.4, 0.5) is 5.69 Å². The molecule has 2 saturated heterocycles. The van der Waals surface area contributed by atoms with Gasteiger partial charge in [0, 0.05) is 51.5 Å². The number of nitrogens with one attached hydrogen (secondary N) is 2. The smallest absolute Gasteiger partial charge is 0.243 e. The Balaban J connectivity index is 1.28. The summed E-state index contributed by atoms with van der Waals surface area (Å²) >= 11 is 0. The minimum atomic E-state index is -0.787. The molecule has 0 spiro atoms. The van der Waals surface area contributed by atoms with Gasteiger partial charge in [-0.25, -0.2) is 0 Å². The molecule has 35 heavy (non-hydrogen) atoms. The molecule has 0 saturated carbocycles. The van der Waals surface area contributed by atoms with Gasteiger partial charge in [0.2, 0.25) is 17.7 Å². The van der Waals surface area contributed by atoms with Gasteiger partial charge in [0.15, 0.2) is 0 Å². The first-order chi connectivity index (χ1) is 17.0. The highest BCUT2D eigenvalue weighted by atomic mass is 16.2. The molecule has 0 unspecified atom stereocenters. The van der Waals surface area contributed by atoms with Gasteiger partial charge in [-0.05, 0) is 29.7 Å². The van der Waals surface area contributed by atoms with Crippen LogP contribution < -0.4 is 10.6 Å². The Morgan fingerprint density at radius 1 is 0.914 bits per heavy atom. The SMILES string of the molecule is CCc1ccc(NC(=O)C[C@@H]2C(=O)NCCN2C(=O)CN2CCN(Cc3ccccc3)CC2)cc1. The van der Waals surface area contributed by atoms with Crippen molar-refractivity contribution in [2.24, 2.45) is 0 Å². The fourth-order valence-corrected chi connectivity index (χ4v) is 4.66. The van der Waals surface area contributed by atoms with E-state index in [4.69, 9.17) is 0 Å². The van der Waals surface area contributed by atoms with Crippen molar-refractivity contribution in [3.8, 4) is 0 Å². The van der Waals surface area contributed by atoms with Gasteiger partial charge in [-0.15, -0.1) is 0 Å². The lowest BCUT2D eigenvalue weighted by Crippen LogP contribution is -2.60. The average Bonchev–Trinajstić information content (AvgIpc) is 2.87. The van der Waals surface area contributed by atoms with Gasteiger partial charge in [-0.3, -0.25) is 24.2 Å². The molecule has 0 aliphatic carbocycles. The molecule has 1 atom stereocenters. The Morgan fingerprint density at radius 2 is 1.60 bits per heavy atom. The first-order valence-corrected chi connectivity index (χ1v) is 12.5. The van der Waals surface area contributed by atoms with Crippen molar-refractivity contribution in [1.29, 1.82) is 0 Å². The first kappa shape index (κ1) is 24.9. The van der Waals surface area contributed by atoms with Gasteiger partial charge in [-0.2, -0.15) is 0 Å². The largest absolute Gasteiger partial charge is 0.353 e. The van der Waals surface area contributed by atoms with Crippen LogP contribution in [0, 0.1) is 0 Å². The molecule has 0 radical (unpaired) electrons. The van der Waals surface area contributed by atoms with E-state index in [1.54, 1.807) is 4.90 Å². The third kappa shape index (κ3) is 6.90. The van der Waals surface area contributed by atoms with E-state index < -0.39 is 6.04 Å². The number of amides is 3. The number of hydrogen-bond donors (Lipinski definition) is 2. The zero-order valence-electron chi connectivity index (χ0n) is 20.4. The molecule has 186 valence electrons. The molecule has 0 bridgehead atoms. The Kier molecular flexibility index (Phi) is 8.50. The zero-order chi connectivity index (χ0) is 24.6. The Hall–Kier alpha value is -3.23. The Bertz CT molecular complexity index is 1000. The fraction of sp³-hybridized carbons (Fsp3) is 0.444. The van der Waals surface area contributed by atoms with Crippen LogP contribution in [0.3, 0.4) is 0 Å². The van der Waals surface area contributed by atoms with Gasteiger partial charge < -0.3 is 15.5 Å². The summed E-state index contributed by atoms with van der Waals surface area (Å²) in [6.07, 6.45) is 0.869. The molecule has 0 aromatic heterocycles. The second-order valence-corrected chi connectivity index (χ2v) is 9.23. The van der Waals surface area contributed by atoms with Crippen LogP contribution in [0.1, 0.15) is 24.5 Å². The lowest BCUT2D eigenvalue weighted by molar-refractivity contribution is -0.145. The van der Waals surface area contributed by atoms with Crippen molar-refractivity contribution in [2.45, 2.75) is 32.4 Å². The first-order valence-electron chi connectivity index (χ1n) is 12.5. The van der Waals surface area contributed by atoms with Crippen LogP contribution in [0.25, 0.3) is 0 Å². The number of nitrogens with zero attached hydrogens (tertiary/aromatic N) is 3. The minimum absolute atomic E-state index is 0.0576. The summed E-state index contributed by atoms with van der Waals surface area (Å²) in [5.74, 6) is -0.640. The monoisotopic (exact) mass is 477 g/mol. The number of piperazine rings is 2. The van der Waals surface area contributed by atoms with Crippen molar-refractivity contribution in [2.75, 3.05) is 51.1 Å². The van der Waals surface area contributed by atoms with Crippen molar-refractivity contribution in [3.63, 3.8) is 0 Å².